The van der Waals surface area contributed by atoms with Crippen molar-refractivity contribution >= 4 is 17.3 Å². The lowest BCUT2D eigenvalue weighted by Gasteiger charge is -2.36. The van der Waals surface area contributed by atoms with Crippen LogP contribution < -0.4 is 4.90 Å². The van der Waals surface area contributed by atoms with Crippen LogP contribution in [0.15, 0.2) is 18.2 Å². The predicted octanol–water partition coefficient (Wildman–Crippen LogP) is 2.99. The molecule has 1 amide bonds. The van der Waals surface area contributed by atoms with Gasteiger partial charge in [-0.15, -0.1) is 0 Å². The highest BCUT2D eigenvalue weighted by Gasteiger charge is 2.22. The predicted molar refractivity (Wildman–Crippen MR) is 90.7 cm³/mol. The molecule has 0 atom stereocenters. The maximum Gasteiger partial charge on any atom is 0.272 e. The normalized spacial score (nSPS) is 15.1. The number of hydrogen-bond acceptors (Lipinski definition) is 4. The fourth-order valence-corrected chi connectivity index (χ4v) is 2.83. The molecule has 6 nitrogen and oxygen atoms in total. The van der Waals surface area contributed by atoms with Crippen LogP contribution in [0.4, 0.5) is 11.4 Å². The van der Waals surface area contributed by atoms with Crippen molar-refractivity contribution in [3.63, 3.8) is 0 Å². The van der Waals surface area contributed by atoms with Gasteiger partial charge >= 0.3 is 0 Å². The SMILES string of the molecule is Cc1cc(N2CCN(C(=O)CCC(C)C)CC2)ccc1[N+](=O)[O-]. The van der Waals surface area contributed by atoms with E-state index < -0.39 is 0 Å². The molecule has 0 aliphatic carbocycles. The van der Waals surface area contributed by atoms with Crippen LogP contribution in [-0.2, 0) is 4.79 Å². The number of piperazine rings is 1. The average Bonchev–Trinajstić information content (AvgIpc) is 2.52. The molecule has 1 heterocycles. The molecule has 2 rings (SSSR count). The number of nitro benzene ring substituents is 1. The summed E-state index contributed by atoms with van der Waals surface area (Å²) in [6.45, 7) is 8.98. The third-order valence-corrected chi connectivity index (χ3v) is 4.31. The number of nitrogens with zero attached hydrogens (tertiary/aromatic N) is 3. The van der Waals surface area contributed by atoms with Crippen molar-refractivity contribution in [1.29, 1.82) is 0 Å². The van der Waals surface area contributed by atoms with Crippen LogP contribution >= 0.6 is 0 Å². The summed E-state index contributed by atoms with van der Waals surface area (Å²) in [7, 11) is 0. The van der Waals surface area contributed by atoms with Gasteiger partial charge in [0.15, 0.2) is 0 Å². The Morgan fingerprint density at radius 1 is 1.26 bits per heavy atom. The van der Waals surface area contributed by atoms with E-state index in [1.165, 1.54) is 0 Å². The fraction of sp³-hybridized carbons (Fsp3) is 0.588. The van der Waals surface area contributed by atoms with Crippen molar-refractivity contribution in [3.05, 3.63) is 33.9 Å². The van der Waals surface area contributed by atoms with Crippen LogP contribution in [0.2, 0.25) is 0 Å². The number of carbonyl (C=O) groups is 1. The third-order valence-electron chi connectivity index (χ3n) is 4.31. The van der Waals surface area contributed by atoms with Crippen molar-refractivity contribution in [2.24, 2.45) is 5.92 Å². The van der Waals surface area contributed by atoms with Crippen LogP contribution in [0.25, 0.3) is 0 Å². The Morgan fingerprint density at radius 2 is 1.91 bits per heavy atom. The third kappa shape index (κ3) is 4.43. The minimum absolute atomic E-state index is 0.149. The Kier molecular flexibility index (Phi) is 5.58. The molecule has 1 fully saturated rings. The second-order valence-corrected chi connectivity index (χ2v) is 6.53. The summed E-state index contributed by atoms with van der Waals surface area (Å²) >= 11 is 0. The molecule has 1 aromatic rings. The van der Waals surface area contributed by atoms with Crippen LogP contribution in [0.1, 0.15) is 32.3 Å². The second-order valence-electron chi connectivity index (χ2n) is 6.53. The largest absolute Gasteiger partial charge is 0.368 e. The number of nitro groups is 1. The molecule has 0 aromatic heterocycles. The standard InChI is InChI=1S/C17H25N3O3/c1-13(2)4-7-17(21)19-10-8-18(9-11-19)15-5-6-16(20(22)23)14(3)12-15/h5-6,12-13H,4,7-11H2,1-3H3. The van der Waals surface area contributed by atoms with Crippen molar-refractivity contribution in [2.45, 2.75) is 33.6 Å². The van der Waals surface area contributed by atoms with Gasteiger partial charge in [0.2, 0.25) is 5.91 Å². The summed E-state index contributed by atoms with van der Waals surface area (Å²) in [4.78, 5) is 26.8. The quantitative estimate of drug-likeness (QED) is 0.618. The van der Waals surface area contributed by atoms with E-state index in [1.807, 2.05) is 11.0 Å². The summed E-state index contributed by atoms with van der Waals surface area (Å²) in [5.74, 6) is 0.779. The minimum Gasteiger partial charge on any atom is -0.368 e. The Hall–Kier alpha value is -2.11. The zero-order chi connectivity index (χ0) is 17.0. The first-order chi connectivity index (χ1) is 10.9. The molecular formula is C17H25N3O3. The Labute approximate surface area is 137 Å². The van der Waals surface area contributed by atoms with Gasteiger partial charge in [-0.2, -0.15) is 0 Å². The molecule has 126 valence electrons. The van der Waals surface area contributed by atoms with Crippen molar-refractivity contribution in [1.82, 2.24) is 4.90 Å². The molecule has 0 spiro atoms. The van der Waals surface area contributed by atoms with E-state index >= 15 is 0 Å². The molecule has 1 aliphatic rings. The molecule has 0 radical (unpaired) electrons. The summed E-state index contributed by atoms with van der Waals surface area (Å²) < 4.78 is 0. The van der Waals surface area contributed by atoms with E-state index in [1.54, 1.807) is 19.1 Å². The van der Waals surface area contributed by atoms with E-state index in [2.05, 4.69) is 18.7 Å². The molecule has 6 heteroatoms. The average molecular weight is 319 g/mol. The number of rotatable bonds is 5. The molecule has 0 saturated carbocycles. The van der Waals surface area contributed by atoms with Crippen LogP contribution in [-0.4, -0.2) is 41.9 Å². The van der Waals surface area contributed by atoms with Crippen molar-refractivity contribution < 1.29 is 9.72 Å². The number of carbonyl (C=O) groups excluding carboxylic acids is 1. The van der Waals surface area contributed by atoms with Gasteiger partial charge in [0.25, 0.3) is 5.69 Å². The highest BCUT2D eigenvalue weighted by Crippen LogP contribution is 2.25. The van der Waals surface area contributed by atoms with Crippen LogP contribution in [0.3, 0.4) is 0 Å². The van der Waals surface area contributed by atoms with Crippen molar-refractivity contribution in [3.8, 4) is 0 Å². The maximum absolute atomic E-state index is 12.2. The van der Waals surface area contributed by atoms with Crippen LogP contribution in [0, 0.1) is 23.0 Å². The zero-order valence-corrected chi connectivity index (χ0v) is 14.1. The van der Waals surface area contributed by atoms with E-state index in [0.29, 0.717) is 31.0 Å². The number of aryl methyl sites for hydroxylation is 1. The molecule has 23 heavy (non-hydrogen) atoms. The van der Waals surface area contributed by atoms with Gasteiger partial charge < -0.3 is 9.80 Å². The highest BCUT2D eigenvalue weighted by molar-refractivity contribution is 5.76. The molecular weight excluding hydrogens is 294 g/mol. The first-order valence-electron chi connectivity index (χ1n) is 8.16. The molecule has 1 aromatic carbocycles. The zero-order valence-electron chi connectivity index (χ0n) is 14.1. The van der Waals surface area contributed by atoms with Gasteiger partial charge in [-0.1, -0.05) is 13.8 Å². The van der Waals surface area contributed by atoms with Crippen molar-refractivity contribution in [2.75, 3.05) is 31.1 Å². The molecule has 1 saturated heterocycles. The molecule has 0 N–H and O–H groups in total. The first-order valence-corrected chi connectivity index (χ1v) is 8.16. The van der Waals surface area contributed by atoms with Gasteiger partial charge in [-0.25, -0.2) is 0 Å². The topological polar surface area (TPSA) is 66.7 Å². The number of anilines is 1. The molecule has 0 unspecified atom stereocenters. The second kappa shape index (κ2) is 7.44. The Bertz CT molecular complexity index is 578. The van der Waals surface area contributed by atoms with Gasteiger partial charge in [-0.3, -0.25) is 14.9 Å². The summed E-state index contributed by atoms with van der Waals surface area (Å²) in [5, 5.41) is 10.9. The Balaban J connectivity index is 1.93. The number of benzene rings is 1. The minimum atomic E-state index is -0.357. The van der Waals surface area contributed by atoms with E-state index in [0.717, 1.165) is 25.2 Å². The Morgan fingerprint density at radius 3 is 2.43 bits per heavy atom. The lowest BCUT2D eigenvalue weighted by molar-refractivity contribution is -0.385. The lowest BCUT2D eigenvalue weighted by Crippen LogP contribution is -2.48. The van der Waals surface area contributed by atoms with E-state index in [-0.39, 0.29) is 16.5 Å². The summed E-state index contributed by atoms with van der Waals surface area (Å²) in [6.07, 6.45) is 1.55. The van der Waals surface area contributed by atoms with E-state index in [9.17, 15) is 14.9 Å². The van der Waals surface area contributed by atoms with Gasteiger partial charge in [-0.05, 0) is 31.4 Å². The lowest BCUT2D eigenvalue weighted by atomic mass is 10.1. The number of amides is 1. The summed E-state index contributed by atoms with van der Waals surface area (Å²) in [5.41, 5.74) is 1.81. The number of hydrogen-bond donors (Lipinski definition) is 0. The highest BCUT2D eigenvalue weighted by atomic mass is 16.6. The maximum atomic E-state index is 12.2. The molecule has 1 aliphatic heterocycles. The smallest absolute Gasteiger partial charge is 0.272 e. The van der Waals surface area contributed by atoms with Gasteiger partial charge in [0.05, 0.1) is 4.92 Å². The van der Waals surface area contributed by atoms with E-state index in [4.69, 9.17) is 0 Å². The van der Waals surface area contributed by atoms with Gasteiger partial charge in [0.1, 0.15) is 0 Å². The summed E-state index contributed by atoms with van der Waals surface area (Å²) in [6, 6.07) is 5.21. The first kappa shape index (κ1) is 17.2. The molecule has 0 bridgehead atoms. The fourth-order valence-electron chi connectivity index (χ4n) is 2.83. The van der Waals surface area contributed by atoms with Crippen LogP contribution in [0.5, 0.6) is 0 Å². The van der Waals surface area contributed by atoms with Gasteiger partial charge in [0, 0.05) is 49.9 Å². The monoisotopic (exact) mass is 319 g/mol.